The number of ether oxygens (including phenoxy) is 1. The van der Waals surface area contributed by atoms with Gasteiger partial charge in [0.15, 0.2) is 0 Å². The molecule has 0 fully saturated rings. The number of nitrogens with one attached hydrogen (secondary N) is 1. The molecule has 0 radical (unpaired) electrons. The van der Waals surface area contributed by atoms with E-state index >= 15 is 0 Å². The second kappa shape index (κ2) is 6.50. The van der Waals surface area contributed by atoms with Gasteiger partial charge >= 0.3 is 11.6 Å². The van der Waals surface area contributed by atoms with Crippen molar-refractivity contribution in [3.63, 3.8) is 0 Å². The zero-order valence-electron chi connectivity index (χ0n) is 9.03. The van der Waals surface area contributed by atoms with Crippen molar-refractivity contribution in [1.29, 1.82) is 0 Å². The molecule has 0 spiro atoms. The lowest BCUT2D eigenvalue weighted by Crippen LogP contribution is -2.15. The Labute approximate surface area is 105 Å². The second-order valence-corrected chi connectivity index (χ2v) is 4.20. The molecule has 0 saturated carbocycles. The van der Waals surface area contributed by atoms with Gasteiger partial charge in [-0.05, 0) is 36.0 Å². The number of aliphatic hydroxyl groups is 1. The molecule has 18 heavy (non-hydrogen) atoms. The molecule has 0 bridgehead atoms. The van der Waals surface area contributed by atoms with Crippen LogP contribution in [0, 0.1) is 0 Å². The highest BCUT2D eigenvalue weighted by Crippen LogP contribution is 2.36. The van der Waals surface area contributed by atoms with E-state index in [-0.39, 0.29) is 29.9 Å². The third-order valence-corrected chi connectivity index (χ3v) is 2.40. The molecule has 8 heteroatoms. The van der Waals surface area contributed by atoms with Crippen LogP contribution in [0.25, 0.3) is 0 Å². The molecule has 1 aromatic carbocycles. The fourth-order valence-electron chi connectivity index (χ4n) is 1.03. The Balaban J connectivity index is 2.52. The second-order valence-electron chi connectivity index (χ2n) is 3.06. The number of thioether (sulfide) groups is 1. The zero-order chi connectivity index (χ0) is 13.6. The lowest BCUT2D eigenvalue weighted by Gasteiger charge is -2.08. The molecule has 0 unspecified atom stereocenters. The van der Waals surface area contributed by atoms with Crippen LogP contribution in [0.2, 0.25) is 0 Å². The minimum atomic E-state index is -4.34. The van der Waals surface area contributed by atoms with Crippen LogP contribution in [-0.4, -0.2) is 29.9 Å². The molecule has 2 N–H and O–H groups in total. The first-order valence-electron chi connectivity index (χ1n) is 4.81. The first kappa shape index (κ1) is 14.7. The predicted molar refractivity (Wildman–Crippen MR) is 60.4 cm³/mol. The molecule has 0 aliphatic heterocycles. The van der Waals surface area contributed by atoms with Crippen LogP contribution in [0.5, 0.6) is 0 Å². The maximum Gasteiger partial charge on any atom is 0.446 e. The molecule has 100 valence electrons. The van der Waals surface area contributed by atoms with E-state index in [4.69, 9.17) is 5.11 Å². The van der Waals surface area contributed by atoms with Gasteiger partial charge in [-0.25, -0.2) is 4.79 Å². The normalized spacial score (nSPS) is 11.1. The number of hydrogen-bond donors (Lipinski definition) is 2. The standard InChI is InChI=1S/C10H10F3NO3S/c11-10(12,13)18-8-3-1-7(2-4-8)14-9(16)17-6-5-15/h1-4,15H,5-6H2,(H,14,16). The van der Waals surface area contributed by atoms with E-state index in [2.05, 4.69) is 10.1 Å². The van der Waals surface area contributed by atoms with Crippen molar-refractivity contribution in [3.05, 3.63) is 24.3 Å². The Morgan fingerprint density at radius 2 is 1.94 bits per heavy atom. The third kappa shape index (κ3) is 5.78. The van der Waals surface area contributed by atoms with E-state index < -0.39 is 11.6 Å². The average Bonchev–Trinajstić information content (AvgIpc) is 2.27. The van der Waals surface area contributed by atoms with Crippen LogP contribution >= 0.6 is 11.8 Å². The summed E-state index contributed by atoms with van der Waals surface area (Å²) in [4.78, 5) is 11.1. The molecular formula is C10H10F3NO3S. The Kier molecular flexibility index (Phi) is 5.29. The van der Waals surface area contributed by atoms with Gasteiger partial charge in [0, 0.05) is 10.6 Å². The summed E-state index contributed by atoms with van der Waals surface area (Å²) in [5.74, 6) is 0. The molecule has 0 aliphatic rings. The highest BCUT2D eigenvalue weighted by molar-refractivity contribution is 8.00. The number of benzene rings is 1. The average molecular weight is 281 g/mol. The Morgan fingerprint density at radius 3 is 2.44 bits per heavy atom. The first-order valence-corrected chi connectivity index (χ1v) is 5.63. The van der Waals surface area contributed by atoms with E-state index in [9.17, 15) is 18.0 Å². The molecule has 1 amide bonds. The SMILES string of the molecule is O=C(Nc1ccc(SC(F)(F)F)cc1)OCCO. The molecule has 0 aromatic heterocycles. The molecular weight excluding hydrogens is 271 g/mol. The summed E-state index contributed by atoms with van der Waals surface area (Å²) in [6.07, 6.45) is -0.778. The van der Waals surface area contributed by atoms with Crippen LogP contribution in [-0.2, 0) is 4.74 Å². The van der Waals surface area contributed by atoms with Gasteiger partial charge in [-0.2, -0.15) is 13.2 Å². The number of carbonyl (C=O) groups excluding carboxylic acids is 1. The van der Waals surface area contributed by atoms with Crippen molar-refractivity contribution in [2.24, 2.45) is 0 Å². The quantitative estimate of drug-likeness (QED) is 0.833. The van der Waals surface area contributed by atoms with E-state index in [1.165, 1.54) is 24.3 Å². The monoisotopic (exact) mass is 281 g/mol. The van der Waals surface area contributed by atoms with Gasteiger partial charge in [-0.15, -0.1) is 0 Å². The van der Waals surface area contributed by atoms with Gasteiger partial charge in [0.1, 0.15) is 6.61 Å². The van der Waals surface area contributed by atoms with Gasteiger partial charge in [-0.3, -0.25) is 5.32 Å². The van der Waals surface area contributed by atoms with Gasteiger partial charge in [0.05, 0.1) is 6.61 Å². The largest absolute Gasteiger partial charge is 0.447 e. The van der Waals surface area contributed by atoms with E-state index in [0.717, 1.165) is 0 Å². The minimum Gasteiger partial charge on any atom is -0.447 e. The third-order valence-electron chi connectivity index (χ3n) is 1.66. The van der Waals surface area contributed by atoms with Crippen molar-refractivity contribution in [2.75, 3.05) is 18.5 Å². The minimum absolute atomic E-state index is 0.0248. The summed E-state index contributed by atoms with van der Waals surface area (Å²) < 4.78 is 40.6. The van der Waals surface area contributed by atoms with Crippen LogP contribution < -0.4 is 5.32 Å². The number of halogens is 3. The lowest BCUT2D eigenvalue weighted by molar-refractivity contribution is -0.0328. The maximum absolute atomic E-state index is 12.0. The van der Waals surface area contributed by atoms with E-state index in [0.29, 0.717) is 5.69 Å². The van der Waals surface area contributed by atoms with Gasteiger partial charge < -0.3 is 9.84 Å². The molecule has 0 heterocycles. The van der Waals surface area contributed by atoms with Crippen LogP contribution in [0.4, 0.5) is 23.7 Å². The van der Waals surface area contributed by atoms with Crippen molar-refractivity contribution in [1.82, 2.24) is 0 Å². The fraction of sp³-hybridized carbons (Fsp3) is 0.300. The highest BCUT2D eigenvalue weighted by atomic mass is 32.2. The van der Waals surface area contributed by atoms with Gasteiger partial charge in [0.2, 0.25) is 0 Å². The summed E-state index contributed by atoms with van der Waals surface area (Å²) in [5.41, 5.74) is -4.03. The van der Waals surface area contributed by atoms with E-state index in [1.54, 1.807) is 0 Å². The van der Waals surface area contributed by atoms with Crippen molar-refractivity contribution in [3.8, 4) is 0 Å². The van der Waals surface area contributed by atoms with Gasteiger partial charge in [0.25, 0.3) is 0 Å². The number of amides is 1. The Hall–Kier alpha value is -1.41. The number of carbonyl (C=O) groups is 1. The first-order chi connectivity index (χ1) is 8.40. The van der Waals surface area contributed by atoms with Crippen molar-refractivity contribution < 1.29 is 27.8 Å². The summed E-state index contributed by atoms with van der Waals surface area (Å²) >= 11 is -0.235. The predicted octanol–water partition coefficient (Wildman–Crippen LogP) is 2.84. The Bertz CT molecular complexity index is 394. The molecule has 1 aromatic rings. The highest BCUT2D eigenvalue weighted by Gasteiger charge is 2.28. The summed E-state index contributed by atoms with van der Waals surface area (Å²) in [5, 5.41) is 10.7. The molecule has 1 rings (SSSR count). The zero-order valence-corrected chi connectivity index (χ0v) is 9.85. The summed E-state index contributed by atoms with van der Waals surface area (Å²) in [6, 6.07) is 5.13. The molecule has 4 nitrogen and oxygen atoms in total. The van der Waals surface area contributed by atoms with Crippen LogP contribution in [0.15, 0.2) is 29.2 Å². The molecule has 0 atom stereocenters. The number of alkyl halides is 3. The number of anilines is 1. The molecule has 0 aliphatic carbocycles. The smallest absolute Gasteiger partial charge is 0.446 e. The maximum atomic E-state index is 12.0. The number of aliphatic hydroxyl groups excluding tert-OH is 1. The van der Waals surface area contributed by atoms with E-state index in [1.807, 2.05) is 0 Å². The molecule has 0 saturated heterocycles. The summed E-state index contributed by atoms with van der Waals surface area (Å²) in [6.45, 7) is -0.442. The number of hydrogen-bond acceptors (Lipinski definition) is 4. The van der Waals surface area contributed by atoms with Crippen LogP contribution in [0.3, 0.4) is 0 Å². The van der Waals surface area contributed by atoms with Crippen LogP contribution in [0.1, 0.15) is 0 Å². The number of rotatable bonds is 4. The lowest BCUT2D eigenvalue weighted by atomic mass is 10.3. The van der Waals surface area contributed by atoms with Crippen molar-refractivity contribution >= 4 is 23.5 Å². The topological polar surface area (TPSA) is 58.6 Å². The van der Waals surface area contributed by atoms with Crippen molar-refractivity contribution in [2.45, 2.75) is 10.4 Å². The Morgan fingerprint density at radius 1 is 1.33 bits per heavy atom. The van der Waals surface area contributed by atoms with Gasteiger partial charge in [-0.1, -0.05) is 0 Å². The summed E-state index contributed by atoms with van der Waals surface area (Å²) in [7, 11) is 0. The fourth-order valence-corrected chi connectivity index (χ4v) is 1.57.